The first-order valence-electron chi connectivity index (χ1n) is 8.84. The molecule has 2 rings (SSSR count). The van der Waals surface area contributed by atoms with Gasteiger partial charge in [-0.15, -0.1) is 0 Å². The summed E-state index contributed by atoms with van der Waals surface area (Å²) in [6, 6.07) is 7.85. The van der Waals surface area contributed by atoms with E-state index in [0.717, 1.165) is 43.9 Å². The van der Waals surface area contributed by atoms with Crippen LogP contribution in [0, 0.1) is 0 Å². The van der Waals surface area contributed by atoms with E-state index in [9.17, 15) is 9.59 Å². The Bertz CT molecular complexity index is 566. The van der Waals surface area contributed by atoms with Crippen LogP contribution in [0.2, 0.25) is 0 Å². The van der Waals surface area contributed by atoms with E-state index >= 15 is 0 Å². The van der Waals surface area contributed by atoms with Gasteiger partial charge in [0.05, 0.1) is 7.11 Å². The number of carbonyl (C=O) groups is 2. The third kappa shape index (κ3) is 6.05. The number of hydrogen-bond acceptors (Lipinski definition) is 4. The second-order valence-corrected chi connectivity index (χ2v) is 6.54. The maximum atomic E-state index is 12.3. The van der Waals surface area contributed by atoms with Crippen molar-refractivity contribution < 1.29 is 14.3 Å². The lowest BCUT2D eigenvalue weighted by Crippen LogP contribution is -2.48. The SMILES string of the molecule is COc1ccc(CCN(CCC(=O)N2CCN(C)CC2)C(C)=O)cc1. The molecule has 2 amide bonds. The van der Waals surface area contributed by atoms with E-state index in [2.05, 4.69) is 11.9 Å². The summed E-state index contributed by atoms with van der Waals surface area (Å²) >= 11 is 0. The number of ether oxygens (including phenoxy) is 1. The van der Waals surface area contributed by atoms with Crippen molar-refractivity contribution in [3.63, 3.8) is 0 Å². The van der Waals surface area contributed by atoms with Gasteiger partial charge >= 0.3 is 0 Å². The van der Waals surface area contributed by atoms with Crippen molar-refractivity contribution >= 4 is 11.8 Å². The lowest BCUT2D eigenvalue weighted by atomic mass is 10.1. The van der Waals surface area contributed by atoms with Crippen LogP contribution in [0.3, 0.4) is 0 Å². The molecule has 1 aromatic carbocycles. The van der Waals surface area contributed by atoms with Crippen LogP contribution in [-0.4, -0.2) is 79.9 Å². The Labute approximate surface area is 150 Å². The minimum atomic E-state index is 0.0136. The Hall–Kier alpha value is -2.08. The van der Waals surface area contributed by atoms with Gasteiger partial charge in [0.15, 0.2) is 0 Å². The van der Waals surface area contributed by atoms with E-state index in [4.69, 9.17) is 4.74 Å². The fourth-order valence-electron chi connectivity index (χ4n) is 2.93. The second kappa shape index (κ2) is 9.42. The van der Waals surface area contributed by atoms with Crippen molar-refractivity contribution in [1.82, 2.24) is 14.7 Å². The lowest BCUT2D eigenvalue weighted by Gasteiger charge is -2.33. The Morgan fingerprint density at radius 1 is 1.08 bits per heavy atom. The van der Waals surface area contributed by atoms with Gasteiger partial charge in [0.1, 0.15) is 5.75 Å². The summed E-state index contributed by atoms with van der Waals surface area (Å²) in [4.78, 5) is 30.1. The van der Waals surface area contributed by atoms with Crippen molar-refractivity contribution in [3.05, 3.63) is 29.8 Å². The zero-order chi connectivity index (χ0) is 18.2. The first-order valence-corrected chi connectivity index (χ1v) is 8.84. The quantitative estimate of drug-likeness (QED) is 0.745. The van der Waals surface area contributed by atoms with Gasteiger partial charge in [0.25, 0.3) is 0 Å². The van der Waals surface area contributed by atoms with Gasteiger partial charge in [0, 0.05) is 52.6 Å². The summed E-state index contributed by atoms with van der Waals surface area (Å²) in [7, 11) is 3.71. The Kier molecular flexibility index (Phi) is 7.25. The highest BCUT2D eigenvalue weighted by Gasteiger charge is 2.20. The van der Waals surface area contributed by atoms with E-state index in [1.165, 1.54) is 0 Å². The first kappa shape index (κ1) is 19.2. The molecule has 138 valence electrons. The molecule has 0 atom stereocenters. The zero-order valence-electron chi connectivity index (χ0n) is 15.5. The average molecular weight is 347 g/mol. The third-order valence-corrected chi connectivity index (χ3v) is 4.73. The maximum Gasteiger partial charge on any atom is 0.224 e. The number of benzene rings is 1. The smallest absolute Gasteiger partial charge is 0.224 e. The predicted molar refractivity (Wildman–Crippen MR) is 97.6 cm³/mol. The number of methoxy groups -OCH3 is 1. The van der Waals surface area contributed by atoms with Crippen LogP contribution in [-0.2, 0) is 16.0 Å². The number of amides is 2. The van der Waals surface area contributed by atoms with E-state index in [1.807, 2.05) is 29.2 Å². The molecule has 0 aliphatic carbocycles. The molecular formula is C19H29N3O3. The van der Waals surface area contributed by atoms with Gasteiger partial charge < -0.3 is 19.4 Å². The van der Waals surface area contributed by atoms with Gasteiger partial charge in [-0.2, -0.15) is 0 Å². The van der Waals surface area contributed by atoms with Crippen LogP contribution >= 0.6 is 0 Å². The molecule has 0 spiro atoms. The van der Waals surface area contributed by atoms with E-state index in [1.54, 1.807) is 18.9 Å². The molecule has 1 aromatic rings. The van der Waals surface area contributed by atoms with Crippen LogP contribution < -0.4 is 4.74 Å². The summed E-state index contributed by atoms with van der Waals surface area (Å²) in [6.45, 7) is 6.06. The van der Waals surface area contributed by atoms with Crippen LogP contribution in [0.4, 0.5) is 0 Å². The van der Waals surface area contributed by atoms with Gasteiger partial charge in [-0.3, -0.25) is 9.59 Å². The van der Waals surface area contributed by atoms with Crippen LogP contribution in [0.15, 0.2) is 24.3 Å². The Morgan fingerprint density at radius 3 is 2.28 bits per heavy atom. The molecular weight excluding hydrogens is 318 g/mol. The molecule has 0 bridgehead atoms. The normalized spacial score (nSPS) is 15.1. The summed E-state index contributed by atoms with van der Waals surface area (Å²) in [6.07, 6.45) is 1.16. The van der Waals surface area contributed by atoms with Crippen LogP contribution in [0.1, 0.15) is 18.9 Å². The summed E-state index contributed by atoms with van der Waals surface area (Å²) in [5.41, 5.74) is 1.15. The van der Waals surface area contributed by atoms with E-state index in [0.29, 0.717) is 19.5 Å². The van der Waals surface area contributed by atoms with Gasteiger partial charge in [-0.05, 0) is 31.2 Å². The largest absolute Gasteiger partial charge is 0.497 e. The van der Waals surface area contributed by atoms with Gasteiger partial charge in [-0.1, -0.05) is 12.1 Å². The minimum Gasteiger partial charge on any atom is -0.497 e. The van der Waals surface area contributed by atoms with E-state index < -0.39 is 0 Å². The number of hydrogen-bond donors (Lipinski definition) is 0. The molecule has 0 unspecified atom stereocenters. The first-order chi connectivity index (χ1) is 12.0. The minimum absolute atomic E-state index is 0.0136. The van der Waals surface area contributed by atoms with E-state index in [-0.39, 0.29) is 11.8 Å². The van der Waals surface area contributed by atoms with Gasteiger partial charge in [0.2, 0.25) is 11.8 Å². The molecule has 0 radical (unpaired) electrons. The average Bonchev–Trinajstić information content (AvgIpc) is 2.62. The van der Waals surface area contributed by atoms with Gasteiger partial charge in [-0.25, -0.2) is 0 Å². The highest BCUT2D eigenvalue weighted by molar-refractivity contribution is 5.78. The highest BCUT2D eigenvalue weighted by Crippen LogP contribution is 2.12. The number of nitrogens with zero attached hydrogens (tertiary/aromatic N) is 3. The molecule has 1 saturated heterocycles. The Balaban J connectivity index is 1.79. The molecule has 1 heterocycles. The maximum absolute atomic E-state index is 12.3. The van der Waals surface area contributed by atoms with Crippen LogP contribution in [0.25, 0.3) is 0 Å². The molecule has 1 fully saturated rings. The fraction of sp³-hybridized carbons (Fsp3) is 0.579. The molecule has 1 aliphatic rings. The van der Waals surface area contributed by atoms with Crippen molar-refractivity contribution in [3.8, 4) is 5.75 Å². The molecule has 0 aromatic heterocycles. The lowest BCUT2D eigenvalue weighted by molar-refractivity contribution is -0.134. The second-order valence-electron chi connectivity index (χ2n) is 6.54. The number of rotatable bonds is 7. The summed E-state index contributed by atoms with van der Waals surface area (Å²) < 4.78 is 5.15. The fourth-order valence-corrected chi connectivity index (χ4v) is 2.93. The third-order valence-electron chi connectivity index (χ3n) is 4.73. The standard InChI is InChI=1S/C19H29N3O3/c1-16(23)21(10-8-17-4-6-18(25-3)7-5-17)11-9-19(24)22-14-12-20(2)13-15-22/h4-7H,8-15H2,1-3H3. The molecule has 0 saturated carbocycles. The molecule has 6 heteroatoms. The van der Waals surface area contributed by atoms with Crippen molar-refractivity contribution in [2.75, 3.05) is 53.4 Å². The Morgan fingerprint density at radius 2 is 1.72 bits per heavy atom. The molecule has 0 N–H and O–H groups in total. The number of piperazine rings is 1. The topological polar surface area (TPSA) is 53.1 Å². The molecule has 6 nitrogen and oxygen atoms in total. The molecule has 25 heavy (non-hydrogen) atoms. The molecule has 1 aliphatic heterocycles. The monoisotopic (exact) mass is 347 g/mol. The van der Waals surface area contributed by atoms with Crippen molar-refractivity contribution in [1.29, 1.82) is 0 Å². The summed E-state index contributed by atoms with van der Waals surface area (Å²) in [5.74, 6) is 0.980. The number of carbonyl (C=O) groups excluding carboxylic acids is 2. The number of likely N-dealkylation sites (N-methyl/N-ethyl adjacent to an activating group) is 1. The summed E-state index contributed by atoms with van der Waals surface area (Å²) in [5, 5.41) is 0. The van der Waals surface area contributed by atoms with Crippen LogP contribution in [0.5, 0.6) is 5.75 Å². The highest BCUT2D eigenvalue weighted by atomic mass is 16.5. The predicted octanol–water partition coefficient (Wildman–Crippen LogP) is 1.25. The zero-order valence-corrected chi connectivity index (χ0v) is 15.5. The van der Waals surface area contributed by atoms with Crippen molar-refractivity contribution in [2.24, 2.45) is 0 Å². The van der Waals surface area contributed by atoms with Crippen molar-refractivity contribution in [2.45, 2.75) is 19.8 Å².